The number of hydrogen-bond donors (Lipinski definition) is 0. The number of piperidine rings is 1. The summed E-state index contributed by atoms with van der Waals surface area (Å²) in [5.41, 5.74) is 4.32. The van der Waals surface area contributed by atoms with Crippen molar-refractivity contribution in [3.8, 4) is 0 Å². The van der Waals surface area contributed by atoms with Gasteiger partial charge in [-0.3, -0.25) is 4.79 Å². The van der Waals surface area contributed by atoms with Crippen LogP contribution in [0.3, 0.4) is 0 Å². The average molecular weight is 334 g/mol. The van der Waals surface area contributed by atoms with Crippen LogP contribution < -0.4 is 4.90 Å². The summed E-state index contributed by atoms with van der Waals surface area (Å²) in [7, 11) is 0. The van der Waals surface area contributed by atoms with Gasteiger partial charge in [-0.05, 0) is 48.6 Å². The van der Waals surface area contributed by atoms with E-state index in [1.165, 1.54) is 24.1 Å². The van der Waals surface area contributed by atoms with Gasteiger partial charge in [0.15, 0.2) is 0 Å². The van der Waals surface area contributed by atoms with Gasteiger partial charge < -0.3 is 14.5 Å². The number of amides is 1. The van der Waals surface area contributed by atoms with Crippen LogP contribution in [0.4, 0.5) is 5.69 Å². The third kappa shape index (κ3) is 1.31. The molecule has 6 aliphatic rings. The lowest BCUT2D eigenvalue weighted by atomic mass is 9.54. The Labute approximate surface area is 147 Å². The summed E-state index contributed by atoms with van der Waals surface area (Å²) >= 11 is 0. The predicted octanol–water partition coefficient (Wildman–Crippen LogP) is 2.44. The van der Waals surface area contributed by atoms with Crippen LogP contribution in [0.5, 0.6) is 0 Å². The van der Waals surface area contributed by atoms with E-state index in [9.17, 15) is 4.79 Å². The molecule has 6 atom stereocenters. The maximum atomic E-state index is 13.2. The molecule has 1 aliphatic carbocycles. The Morgan fingerprint density at radius 2 is 2.16 bits per heavy atom. The van der Waals surface area contributed by atoms with Gasteiger partial charge in [0, 0.05) is 29.6 Å². The van der Waals surface area contributed by atoms with Gasteiger partial charge in [-0.25, -0.2) is 0 Å². The second kappa shape index (κ2) is 4.12. The molecule has 1 aromatic rings. The smallest absolute Gasteiger partial charge is 0.229 e. The Bertz CT molecular complexity index is 848. The topological polar surface area (TPSA) is 32.8 Å². The maximum Gasteiger partial charge on any atom is 0.229 e. The zero-order valence-electron chi connectivity index (χ0n) is 14.2. The number of carbonyl (C=O) groups is 1. The van der Waals surface area contributed by atoms with Crippen molar-refractivity contribution in [3.63, 3.8) is 0 Å². The molecule has 2 bridgehead atoms. The van der Waals surface area contributed by atoms with Crippen molar-refractivity contribution in [2.24, 2.45) is 11.8 Å². The molecular formula is C21H22N2O2. The number of fused-ring (bicyclic) bond motifs is 2. The first-order chi connectivity index (χ1) is 12.3. The van der Waals surface area contributed by atoms with Gasteiger partial charge in [-0.15, -0.1) is 0 Å². The van der Waals surface area contributed by atoms with Crippen molar-refractivity contribution >= 4 is 11.6 Å². The van der Waals surface area contributed by atoms with Crippen LogP contribution in [-0.4, -0.2) is 42.1 Å². The molecule has 3 saturated heterocycles. The molecule has 1 aromatic carbocycles. The van der Waals surface area contributed by atoms with Crippen LogP contribution in [0, 0.1) is 11.8 Å². The van der Waals surface area contributed by atoms with Gasteiger partial charge in [0.25, 0.3) is 0 Å². The number of nitrogens with zero attached hydrogens (tertiary/aromatic N) is 2. The summed E-state index contributed by atoms with van der Waals surface area (Å²) in [6.45, 7) is 1.91. The molecule has 4 nitrogen and oxygen atoms in total. The van der Waals surface area contributed by atoms with E-state index in [1.807, 2.05) is 0 Å². The van der Waals surface area contributed by atoms with Crippen LogP contribution >= 0.6 is 0 Å². The standard InChI is InChI=1S/C21H22N2O2/c24-18-10-16-19-13-9-17-21(6-7-22(17)11-12(13)5-8-25-16)14-3-1-2-4-15(14)23(18)20(19)21/h1-4,11,13,16-17,19-20H,5-10H2/t13-,16-,17-,19-,20+,21+/m0/s1. The van der Waals surface area contributed by atoms with Crippen LogP contribution in [0.15, 0.2) is 36.0 Å². The maximum absolute atomic E-state index is 13.2. The first-order valence-electron chi connectivity index (χ1n) is 9.78. The second-order valence-corrected chi connectivity index (χ2v) is 8.76. The minimum Gasteiger partial charge on any atom is -0.377 e. The zero-order valence-corrected chi connectivity index (χ0v) is 14.2. The number of hydrogen-bond acceptors (Lipinski definition) is 3. The molecular weight excluding hydrogens is 312 g/mol. The van der Waals surface area contributed by atoms with Crippen LogP contribution in [0.1, 0.15) is 31.2 Å². The Morgan fingerprint density at radius 3 is 3.12 bits per heavy atom. The number of benzene rings is 1. The lowest BCUT2D eigenvalue weighted by Gasteiger charge is -2.57. The van der Waals surface area contributed by atoms with Crippen molar-refractivity contribution in [1.29, 1.82) is 0 Å². The Balaban J connectivity index is 1.56. The lowest BCUT2D eigenvalue weighted by Crippen LogP contribution is -2.68. The molecule has 5 heterocycles. The van der Waals surface area contributed by atoms with Gasteiger partial charge in [0.2, 0.25) is 5.91 Å². The van der Waals surface area contributed by atoms with Crippen molar-refractivity contribution < 1.29 is 9.53 Å². The third-order valence-corrected chi connectivity index (χ3v) is 8.16. The average Bonchev–Trinajstić information content (AvgIpc) is 3.10. The summed E-state index contributed by atoms with van der Waals surface area (Å²) in [6.07, 6.45) is 6.62. The molecule has 4 fully saturated rings. The normalized spacial score (nSPS) is 45.2. The number of carbonyl (C=O) groups excluding carboxylic acids is 1. The Hall–Kier alpha value is -1.81. The van der Waals surface area contributed by atoms with Crippen molar-refractivity contribution in [2.45, 2.75) is 49.3 Å². The molecule has 4 heteroatoms. The van der Waals surface area contributed by atoms with Gasteiger partial charge in [-0.1, -0.05) is 18.2 Å². The van der Waals surface area contributed by atoms with Crippen LogP contribution in [-0.2, 0) is 14.9 Å². The molecule has 1 amide bonds. The lowest BCUT2D eigenvalue weighted by molar-refractivity contribution is -0.131. The van der Waals surface area contributed by atoms with E-state index in [0.717, 1.165) is 19.6 Å². The molecule has 128 valence electrons. The Morgan fingerprint density at radius 1 is 1.24 bits per heavy atom. The van der Waals surface area contributed by atoms with E-state index in [0.29, 0.717) is 30.3 Å². The highest BCUT2D eigenvalue weighted by Gasteiger charge is 2.70. The molecule has 5 aliphatic heterocycles. The molecule has 1 saturated carbocycles. The fraction of sp³-hybridized carbons (Fsp3) is 0.571. The minimum absolute atomic E-state index is 0.113. The van der Waals surface area contributed by atoms with E-state index in [2.05, 4.69) is 40.3 Å². The van der Waals surface area contributed by atoms with Crippen molar-refractivity contribution in [1.82, 2.24) is 4.90 Å². The number of para-hydroxylation sites is 1. The predicted molar refractivity (Wildman–Crippen MR) is 93.2 cm³/mol. The highest BCUT2D eigenvalue weighted by molar-refractivity contribution is 5.99. The summed E-state index contributed by atoms with van der Waals surface area (Å²) in [4.78, 5) is 18.0. The second-order valence-electron chi connectivity index (χ2n) is 8.76. The first-order valence-corrected chi connectivity index (χ1v) is 9.78. The number of rotatable bonds is 0. The molecule has 1 spiro atoms. The number of ether oxygens (including phenoxy) is 1. The van der Waals surface area contributed by atoms with Gasteiger partial charge in [0.05, 0.1) is 25.2 Å². The van der Waals surface area contributed by atoms with Gasteiger partial charge in [0.1, 0.15) is 0 Å². The Kier molecular flexibility index (Phi) is 2.21. The van der Waals surface area contributed by atoms with Crippen molar-refractivity contribution in [2.75, 3.05) is 18.1 Å². The summed E-state index contributed by atoms with van der Waals surface area (Å²) in [6, 6.07) is 9.59. The molecule has 7 rings (SSSR count). The zero-order chi connectivity index (χ0) is 16.3. The first kappa shape index (κ1) is 13.4. The SMILES string of the molecule is O=C1C[C@@H]2OCCC3=CN4CC[C@]56c7ccccc7N1[C@@H]5[C@H]2[C@H]3C[C@H]46. The van der Waals surface area contributed by atoms with E-state index in [1.54, 1.807) is 5.57 Å². The fourth-order valence-electron chi connectivity index (χ4n) is 7.46. The third-order valence-electron chi connectivity index (χ3n) is 8.16. The van der Waals surface area contributed by atoms with E-state index in [-0.39, 0.29) is 17.4 Å². The highest BCUT2D eigenvalue weighted by atomic mass is 16.5. The van der Waals surface area contributed by atoms with E-state index >= 15 is 0 Å². The summed E-state index contributed by atoms with van der Waals surface area (Å²) in [5.74, 6) is 1.35. The van der Waals surface area contributed by atoms with Crippen LogP contribution in [0.2, 0.25) is 0 Å². The molecule has 0 N–H and O–H groups in total. The molecule has 25 heavy (non-hydrogen) atoms. The van der Waals surface area contributed by atoms with Gasteiger partial charge in [-0.2, -0.15) is 0 Å². The molecule has 0 unspecified atom stereocenters. The largest absolute Gasteiger partial charge is 0.377 e. The van der Waals surface area contributed by atoms with E-state index < -0.39 is 0 Å². The molecule has 0 radical (unpaired) electrons. The molecule has 0 aromatic heterocycles. The summed E-state index contributed by atoms with van der Waals surface area (Å²) < 4.78 is 6.29. The van der Waals surface area contributed by atoms with Gasteiger partial charge >= 0.3 is 0 Å². The fourth-order valence-corrected chi connectivity index (χ4v) is 7.46. The quantitative estimate of drug-likeness (QED) is 0.731. The summed E-state index contributed by atoms with van der Waals surface area (Å²) in [5, 5.41) is 0. The van der Waals surface area contributed by atoms with Crippen LogP contribution in [0.25, 0.3) is 0 Å². The monoisotopic (exact) mass is 334 g/mol. The minimum atomic E-state index is 0.113. The van der Waals surface area contributed by atoms with Crippen molar-refractivity contribution in [3.05, 3.63) is 41.6 Å². The number of anilines is 1. The highest BCUT2D eigenvalue weighted by Crippen LogP contribution is 2.65. The van der Waals surface area contributed by atoms with E-state index in [4.69, 9.17) is 4.74 Å².